The van der Waals surface area contributed by atoms with E-state index in [1.54, 1.807) is 12.1 Å². The van der Waals surface area contributed by atoms with Crippen molar-refractivity contribution in [2.24, 2.45) is 0 Å². The van der Waals surface area contributed by atoms with Gasteiger partial charge in [0, 0.05) is 11.8 Å². The molecule has 0 radical (unpaired) electrons. The molecule has 0 bridgehead atoms. The van der Waals surface area contributed by atoms with Crippen LogP contribution >= 0.6 is 0 Å². The lowest BCUT2D eigenvalue weighted by Gasteiger charge is -2.08. The number of aromatic nitrogens is 1. The second-order valence-electron chi connectivity index (χ2n) is 4.27. The van der Waals surface area contributed by atoms with E-state index in [2.05, 4.69) is 4.98 Å². The summed E-state index contributed by atoms with van der Waals surface area (Å²) in [6.07, 6.45) is 1.46. The lowest BCUT2D eigenvalue weighted by molar-refractivity contribution is 0.0696. The fraction of sp³-hybridized carbons (Fsp3) is 0.200. The molecule has 104 valence electrons. The fourth-order valence-electron chi connectivity index (χ4n) is 1.76. The summed E-state index contributed by atoms with van der Waals surface area (Å²) in [6, 6.07) is 8.69. The van der Waals surface area contributed by atoms with Crippen LogP contribution in [0.2, 0.25) is 0 Å². The lowest BCUT2D eigenvalue weighted by atomic mass is 10.1. The number of ether oxygens (including phenoxy) is 1. The Hall–Kier alpha value is -2.43. The van der Waals surface area contributed by atoms with E-state index in [-0.39, 0.29) is 17.2 Å². The molecule has 1 heterocycles. The summed E-state index contributed by atoms with van der Waals surface area (Å²) in [4.78, 5) is 15.3. The number of para-hydroxylation sites is 1. The van der Waals surface area contributed by atoms with Crippen molar-refractivity contribution in [3.8, 4) is 11.6 Å². The largest absolute Gasteiger partial charge is 0.478 e. The van der Waals surface area contributed by atoms with E-state index in [4.69, 9.17) is 9.84 Å². The lowest BCUT2D eigenvalue weighted by Crippen LogP contribution is -2.02. The molecule has 0 saturated heterocycles. The van der Waals surface area contributed by atoms with Gasteiger partial charge in [-0.25, -0.2) is 14.2 Å². The molecule has 0 saturated carbocycles. The van der Waals surface area contributed by atoms with Gasteiger partial charge in [-0.3, -0.25) is 0 Å². The summed E-state index contributed by atoms with van der Waals surface area (Å²) in [5, 5.41) is 9.07. The minimum absolute atomic E-state index is 0.0185. The third kappa shape index (κ3) is 3.32. The average Bonchev–Trinajstić information content (AvgIpc) is 2.41. The summed E-state index contributed by atoms with van der Waals surface area (Å²) in [5.41, 5.74) is 0.688. The Morgan fingerprint density at radius 3 is 2.75 bits per heavy atom. The van der Waals surface area contributed by atoms with Gasteiger partial charge < -0.3 is 9.84 Å². The predicted molar refractivity (Wildman–Crippen MR) is 71.7 cm³/mol. The molecule has 1 N–H and O–H groups in total. The molecule has 0 unspecified atom stereocenters. The van der Waals surface area contributed by atoms with Crippen LogP contribution in [0.15, 0.2) is 36.4 Å². The van der Waals surface area contributed by atoms with Gasteiger partial charge in [-0.05, 0) is 24.6 Å². The van der Waals surface area contributed by atoms with E-state index in [1.807, 2.05) is 6.92 Å². The Morgan fingerprint density at radius 1 is 1.35 bits per heavy atom. The first-order valence-corrected chi connectivity index (χ1v) is 6.26. The SMILES string of the molecule is CCCc1cc(C(=O)O)cc(Oc2ccccc2F)n1. The Kier molecular flexibility index (Phi) is 4.30. The molecule has 5 heteroatoms. The van der Waals surface area contributed by atoms with Crippen LogP contribution in [0, 0.1) is 5.82 Å². The van der Waals surface area contributed by atoms with Crippen LogP contribution in [0.4, 0.5) is 4.39 Å². The zero-order chi connectivity index (χ0) is 14.5. The molecule has 0 spiro atoms. The van der Waals surface area contributed by atoms with Crippen molar-refractivity contribution in [2.75, 3.05) is 0 Å². The Balaban J connectivity index is 2.35. The van der Waals surface area contributed by atoms with Crippen molar-refractivity contribution >= 4 is 5.97 Å². The van der Waals surface area contributed by atoms with Gasteiger partial charge >= 0.3 is 5.97 Å². The highest BCUT2D eigenvalue weighted by atomic mass is 19.1. The van der Waals surface area contributed by atoms with Gasteiger partial charge in [-0.2, -0.15) is 0 Å². The van der Waals surface area contributed by atoms with E-state index in [9.17, 15) is 9.18 Å². The summed E-state index contributed by atoms with van der Waals surface area (Å²) >= 11 is 0. The molecular weight excluding hydrogens is 261 g/mol. The quantitative estimate of drug-likeness (QED) is 0.904. The molecule has 0 aliphatic heterocycles. The maximum Gasteiger partial charge on any atom is 0.335 e. The molecule has 0 aliphatic rings. The van der Waals surface area contributed by atoms with Crippen molar-refractivity contribution in [2.45, 2.75) is 19.8 Å². The highest BCUT2D eigenvalue weighted by Crippen LogP contribution is 2.24. The zero-order valence-electron chi connectivity index (χ0n) is 11.0. The number of hydrogen-bond acceptors (Lipinski definition) is 3. The summed E-state index contributed by atoms with van der Waals surface area (Å²) < 4.78 is 18.9. The number of hydrogen-bond donors (Lipinski definition) is 1. The number of halogens is 1. The maximum atomic E-state index is 13.5. The Morgan fingerprint density at radius 2 is 2.10 bits per heavy atom. The van der Waals surface area contributed by atoms with E-state index in [0.29, 0.717) is 12.1 Å². The minimum Gasteiger partial charge on any atom is -0.478 e. The monoisotopic (exact) mass is 275 g/mol. The third-order valence-electron chi connectivity index (χ3n) is 2.66. The van der Waals surface area contributed by atoms with Crippen LogP contribution < -0.4 is 4.74 Å². The number of aromatic carboxylic acids is 1. The average molecular weight is 275 g/mol. The summed E-state index contributed by atoms with van der Waals surface area (Å²) in [6.45, 7) is 1.96. The van der Waals surface area contributed by atoms with E-state index >= 15 is 0 Å². The number of carbonyl (C=O) groups is 1. The standard InChI is InChI=1S/C15H14FNO3/c1-2-5-11-8-10(15(18)19)9-14(17-11)20-13-7-4-3-6-12(13)16/h3-4,6-9H,2,5H2,1H3,(H,18,19). The fourth-order valence-corrected chi connectivity index (χ4v) is 1.76. The number of nitrogens with zero attached hydrogens (tertiary/aromatic N) is 1. The van der Waals surface area contributed by atoms with E-state index in [0.717, 1.165) is 6.42 Å². The molecule has 0 fully saturated rings. The van der Waals surface area contributed by atoms with Crippen molar-refractivity contribution in [3.05, 3.63) is 53.5 Å². The van der Waals surface area contributed by atoms with Gasteiger partial charge in [0.2, 0.25) is 5.88 Å². The summed E-state index contributed by atoms with van der Waals surface area (Å²) in [7, 11) is 0. The third-order valence-corrected chi connectivity index (χ3v) is 2.66. The van der Waals surface area contributed by atoms with Crippen LogP contribution in [0.1, 0.15) is 29.4 Å². The Bertz CT molecular complexity index is 628. The number of pyridine rings is 1. The number of carboxylic acids is 1. The second-order valence-corrected chi connectivity index (χ2v) is 4.27. The first-order chi connectivity index (χ1) is 9.60. The van der Waals surface area contributed by atoms with Gasteiger partial charge in [-0.1, -0.05) is 25.5 Å². The topological polar surface area (TPSA) is 59.4 Å². The molecule has 0 amide bonds. The molecule has 20 heavy (non-hydrogen) atoms. The second kappa shape index (κ2) is 6.14. The highest BCUT2D eigenvalue weighted by molar-refractivity contribution is 5.88. The molecule has 0 aliphatic carbocycles. The number of rotatable bonds is 5. The molecule has 1 aromatic carbocycles. The zero-order valence-corrected chi connectivity index (χ0v) is 11.0. The van der Waals surface area contributed by atoms with Gasteiger partial charge in [0.25, 0.3) is 0 Å². The molecule has 1 aromatic heterocycles. The van der Waals surface area contributed by atoms with Crippen LogP contribution in [-0.2, 0) is 6.42 Å². The van der Waals surface area contributed by atoms with Crippen molar-refractivity contribution < 1.29 is 19.0 Å². The minimum atomic E-state index is -1.07. The number of benzene rings is 1. The van der Waals surface area contributed by atoms with Crippen LogP contribution in [0.5, 0.6) is 11.6 Å². The van der Waals surface area contributed by atoms with Gasteiger partial charge in [0.1, 0.15) is 0 Å². The first kappa shape index (κ1) is 14.0. The molecular formula is C15H14FNO3. The molecule has 2 rings (SSSR count). The molecule has 2 aromatic rings. The maximum absolute atomic E-state index is 13.5. The summed E-state index contributed by atoms with van der Waals surface area (Å²) in [5.74, 6) is -1.49. The number of aryl methyl sites for hydroxylation is 1. The van der Waals surface area contributed by atoms with Gasteiger partial charge in [-0.15, -0.1) is 0 Å². The van der Waals surface area contributed by atoms with Crippen molar-refractivity contribution in [1.29, 1.82) is 0 Å². The van der Waals surface area contributed by atoms with Gasteiger partial charge in [0.05, 0.1) is 5.56 Å². The van der Waals surface area contributed by atoms with Crippen LogP contribution in [-0.4, -0.2) is 16.1 Å². The normalized spacial score (nSPS) is 10.3. The van der Waals surface area contributed by atoms with Crippen LogP contribution in [0.25, 0.3) is 0 Å². The van der Waals surface area contributed by atoms with E-state index < -0.39 is 11.8 Å². The van der Waals surface area contributed by atoms with Crippen molar-refractivity contribution in [1.82, 2.24) is 4.98 Å². The predicted octanol–water partition coefficient (Wildman–Crippen LogP) is 3.66. The van der Waals surface area contributed by atoms with Crippen molar-refractivity contribution in [3.63, 3.8) is 0 Å². The van der Waals surface area contributed by atoms with Crippen LogP contribution in [0.3, 0.4) is 0 Å². The van der Waals surface area contributed by atoms with E-state index in [1.165, 1.54) is 24.3 Å². The highest BCUT2D eigenvalue weighted by Gasteiger charge is 2.11. The Labute approximate surface area is 115 Å². The first-order valence-electron chi connectivity index (χ1n) is 6.26. The van der Waals surface area contributed by atoms with Gasteiger partial charge in [0.15, 0.2) is 11.6 Å². The number of carboxylic acid groups (broad SMARTS) is 1. The molecule has 0 atom stereocenters. The molecule has 4 nitrogen and oxygen atoms in total. The smallest absolute Gasteiger partial charge is 0.335 e.